The summed E-state index contributed by atoms with van der Waals surface area (Å²) in [5.41, 5.74) is 0. The fraction of sp³-hybridized carbons (Fsp3) is 0.850. The molecule has 3 N–H and O–H groups in total. The van der Waals surface area contributed by atoms with E-state index in [4.69, 9.17) is 5.11 Å². The molecule has 1 atom stereocenters. The molecule has 0 bridgehead atoms. The molecule has 1 aliphatic carbocycles. The van der Waals surface area contributed by atoms with Crippen LogP contribution in [0.2, 0.25) is 0 Å². The quantitative estimate of drug-likeness (QED) is 0.543. The van der Waals surface area contributed by atoms with Crippen molar-refractivity contribution in [3.63, 3.8) is 0 Å². The number of likely N-dealkylation sites (N-methyl/N-ethyl adjacent to an activating group) is 1. The van der Waals surface area contributed by atoms with Crippen LogP contribution in [0.5, 0.6) is 0 Å². The number of nitrogens with one attached hydrogen (secondary N) is 2. The Kier molecular flexibility index (Phi) is 9.54. The summed E-state index contributed by atoms with van der Waals surface area (Å²) in [7, 11) is 1.83. The Labute approximate surface area is 168 Å². The highest BCUT2D eigenvalue weighted by atomic mass is 16.4. The molecule has 160 valence electrons. The average Bonchev–Trinajstić information content (AvgIpc) is 2.92. The number of nitrogens with zero attached hydrogens (tertiary/aromatic N) is 2. The van der Waals surface area contributed by atoms with Crippen molar-refractivity contribution in [3.05, 3.63) is 0 Å². The third-order valence-corrected chi connectivity index (χ3v) is 5.85. The van der Waals surface area contributed by atoms with Crippen LogP contribution in [0, 0.1) is 0 Å². The van der Waals surface area contributed by atoms with Gasteiger partial charge in [-0.2, -0.15) is 0 Å². The number of amides is 3. The van der Waals surface area contributed by atoms with Crippen LogP contribution in [-0.4, -0.2) is 78.1 Å². The number of hydrogen-bond acceptors (Lipinski definition) is 4. The van der Waals surface area contributed by atoms with Crippen molar-refractivity contribution in [3.8, 4) is 0 Å². The van der Waals surface area contributed by atoms with Crippen LogP contribution in [0.4, 0.5) is 4.79 Å². The number of carbonyl (C=O) groups excluding carboxylic acids is 2. The minimum absolute atomic E-state index is 0.0349. The van der Waals surface area contributed by atoms with Gasteiger partial charge in [-0.3, -0.25) is 14.5 Å². The number of rotatable bonds is 8. The van der Waals surface area contributed by atoms with E-state index in [0.717, 1.165) is 38.6 Å². The highest BCUT2D eigenvalue weighted by Gasteiger charge is 2.23. The molecule has 1 saturated carbocycles. The van der Waals surface area contributed by atoms with Crippen molar-refractivity contribution >= 4 is 17.9 Å². The SMILES string of the molecule is CN(CC(=O)O)C1CCCN(C(=O)CCCNC(=O)NC2CCCCC2)CC1. The Morgan fingerprint density at radius 2 is 1.79 bits per heavy atom. The van der Waals surface area contributed by atoms with Crippen molar-refractivity contribution in [1.82, 2.24) is 20.4 Å². The molecular weight excluding hydrogens is 360 g/mol. The lowest BCUT2D eigenvalue weighted by molar-refractivity contribution is -0.138. The van der Waals surface area contributed by atoms with Gasteiger partial charge < -0.3 is 20.6 Å². The zero-order valence-electron chi connectivity index (χ0n) is 17.1. The van der Waals surface area contributed by atoms with Gasteiger partial charge in [0.2, 0.25) is 5.91 Å². The first-order valence-corrected chi connectivity index (χ1v) is 10.7. The lowest BCUT2D eigenvalue weighted by Gasteiger charge is -2.25. The van der Waals surface area contributed by atoms with Gasteiger partial charge in [-0.1, -0.05) is 19.3 Å². The second-order valence-electron chi connectivity index (χ2n) is 8.11. The first-order valence-electron chi connectivity index (χ1n) is 10.7. The second-order valence-corrected chi connectivity index (χ2v) is 8.11. The zero-order chi connectivity index (χ0) is 20.4. The molecule has 0 radical (unpaired) electrons. The molecule has 28 heavy (non-hydrogen) atoms. The maximum absolute atomic E-state index is 12.5. The molecule has 1 heterocycles. The van der Waals surface area contributed by atoms with E-state index >= 15 is 0 Å². The minimum atomic E-state index is -0.820. The number of likely N-dealkylation sites (tertiary alicyclic amines) is 1. The van der Waals surface area contributed by atoms with Gasteiger partial charge in [0, 0.05) is 38.1 Å². The first-order chi connectivity index (χ1) is 13.5. The lowest BCUT2D eigenvalue weighted by atomic mass is 9.96. The molecule has 0 aromatic heterocycles. The fourth-order valence-electron chi connectivity index (χ4n) is 4.19. The maximum atomic E-state index is 12.5. The largest absolute Gasteiger partial charge is 0.480 e. The standard InChI is InChI=1S/C20H36N4O4/c1-23(15-19(26)27)17-9-6-13-24(14-11-17)18(25)10-5-12-21-20(28)22-16-7-3-2-4-8-16/h16-17H,2-15H2,1H3,(H,26,27)(H2,21,22,28). The molecule has 0 aromatic rings. The van der Waals surface area contributed by atoms with E-state index in [2.05, 4.69) is 10.6 Å². The smallest absolute Gasteiger partial charge is 0.317 e. The van der Waals surface area contributed by atoms with E-state index in [0.29, 0.717) is 32.0 Å². The van der Waals surface area contributed by atoms with Crippen LogP contribution in [0.3, 0.4) is 0 Å². The van der Waals surface area contributed by atoms with Crippen molar-refractivity contribution in [1.29, 1.82) is 0 Å². The highest BCUT2D eigenvalue weighted by Crippen LogP contribution is 2.18. The molecule has 8 nitrogen and oxygen atoms in total. The number of carboxylic acid groups (broad SMARTS) is 1. The summed E-state index contributed by atoms with van der Waals surface area (Å²) in [5, 5.41) is 14.8. The van der Waals surface area contributed by atoms with E-state index < -0.39 is 5.97 Å². The van der Waals surface area contributed by atoms with Crippen molar-refractivity contribution < 1.29 is 19.5 Å². The predicted molar refractivity (Wildman–Crippen MR) is 107 cm³/mol. The average molecular weight is 397 g/mol. The van der Waals surface area contributed by atoms with E-state index in [1.807, 2.05) is 16.8 Å². The van der Waals surface area contributed by atoms with E-state index in [9.17, 15) is 14.4 Å². The Morgan fingerprint density at radius 3 is 2.50 bits per heavy atom. The van der Waals surface area contributed by atoms with Crippen LogP contribution >= 0.6 is 0 Å². The summed E-state index contributed by atoms with van der Waals surface area (Å²) in [6.07, 6.45) is 9.41. The summed E-state index contributed by atoms with van der Waals surface area (Å²) in [5.74, 6) is -0.698. The molecule has 0 aromatic carbocycles. The van der Waals surface area contributed by atoms with Crippen LogP contribution in [0.1, 0.15) is 64.2 Å². The summed E-state index contributed by atoms with van der Waals surface area (Å²) in [4.78, 5) is 39.0. The van der Waals surface area contributed by atoms with Crippen molar-refractivity contribution in [2.24, 2.45) is 0 Å². The van der Waals surface area contributed by atoms with Crippen molar-refractivity contribution in [2.45, 2.75) is 76.3 Å². The monoisotopic (exact) mass is 396 g/mol. The van der Waals surface area contributed by atoms with Gasteiger partial charge in [0.25, 0.3) is 0 Å². The lowest BCUT2D eigenvalue weighted by Crippen LogP contribution is -2.43. The molecular formula is C20H36N4O4. The van der Waals surface area contributed by atoms with E-state index in [1.165, 1.54) is 19.3 Å². The molecule has 1 saturated heterocycles. The molecule has 3 amide bonds. The molecule has 2 fully saturated rings. The van der Waals surface area contributed by atoms with Crippen LogP contribution in [0.25, 0.3) is 0 Å². The maximum Gasteiger partial charge on any atom is 0.317 e. The topological polar surface area (TPSA) is 102 Å². The van der Waals surface area contributed by atoms with E-state index in [1.54, 1.807) is 0 Å². The normalized spacial score (nSPS) is 21.2. The van der Waals surface area contributed by atoms with Gasteiger partial charge in [0.05, 0.1) is 6.54 Å². The number of carbonyl (C=O) groups is 3. The summed E-state index contributed by atoms with van der Waals surface area (Å²) < 4.78 is 0. The molecule has 1 aliphatic heterocycles. The Morgan fingerprint density at radius 1 is 1.04 bits per heavy atom. The number of hydrogen-bond donors (Lipinski definition) is 3. The van der Waals surface area contributed by atoms with Gasteiger partial charge in [-0.15, -0.1) is 0 Å². The molecule has 1 unspecified atom stereocenters. The minimum Gasteiger partial charge on any atom is -0.480 e. The molecule has 2 aliphatic rings. The molecule has 0 spiro atoms. The highest BCUT2D eigenvalue weighted by molar-refractivity contribution is 5.76. The van der Waals surface area contributed by atoms with Crippen LogP contribution in [-0.2, 0) is 9.59 Å². The third kappa shape index (κ3) is 8.04. The molecule has 2 rings (SSSR count). The van der Waals surface area contributed by atoms with Crippen LogP contribution in [0.15, 0.2) is 0 Å². The number of aliphatic carboxylic acids is 1. The third-order valence-electron chi connectivity index (χ3n) is 5.85. The summed E-state index contributed by atoms with van der Waals surface area (Å²) in [6.45, 7) is 1.93. The summed E-state index contributed by atoms with van der Waals surface area (Å²) >= 11 is 0. The van der Waals surface area contributed by atoms with Gasteiger partial charge in [0.15, 0.2) is 0 Å². The first kappa shape index (κ1) is 22.5. The number of urea groups is 1. The van der Waals surface area contributed by atoms with Gasteiger partial charge in [-0.05, 0) is 45.6 Å². The van der Waals surface area contributed by atoms with Crippen LogP contribution < -0.4 is 10.6 Å². The van der Waals surface area contributed by atoms with Gasteiger partial charge >= 0.3 is 12.0 Å². The Bertz CT molecular complexity index is 522. The predicted octanol–water partition coefficient (Wildman–Crippen LogP) is 1.80. The Hall–Kier alpha value is -1.83. The second kappa shape index (κ2) is 11.9. The van der Waals surface area contributed by atoms with E-state index in [-0.39, 0.29) is 24.5 Å². The Balaban J connectivity index is 1.60. The zero-order valence-corrected chi connectivity index (χ0v) is 17.1. The summed E-state index contributed by atoms with van der Waals surface area (Å²) in [6, 6.07) is 0.372. The van der Waals surface area contributed by atoms with Gasteiger partial charge in [-0.25, -0.2) is 4.79 Å². The fourth-order valence-corrected chi connectivity index (χ4v) is 4.19. The van der Waals surface area contributed by atoms with Crippen molar-refractivity contribution in [2.75, 3.05) is 33.2 Å². The molecule has 8 heteroatoms. The van der Waals surface area contributed by atoms with Gasteiger partial charge in [0.1, 0.15) is 0 Å². The number of carboxylic acids is 1.